The van der Waals surface area contributed by atoms with Crippen molar-refractivity contribution in [2.45, 2.75) is 32.0 Å². The van der Waals surface area contributed by atoms with E-state index < -0.39 is 6.10 Å². The molecule has 1 aliphatic rings. The molecule has 0 aromatic heterocycles. The third-order valence-electron chi connectivity index (χ3n) is 3.10. The molecule has 3 nitrogen and oxygen atoms in total. The topological polar surface area (TPSA) is 38.7 Å². The first-order chi connectivity index (χ1) is 7.76. The summed E-state index contributed by atoms with van der Waals surface area (Å²) in [6, 6.07) is 5.87. The van der Waals surface area contributed by atoms with E-state index in [0.717, 1.165) is 24.2 Å². The molecule has 0 saturated carbocycles. The van der Waals surface area contributed by atoms with Gasteiger partial charge in [0, 0.05) is 6.61 Å². The van der Waals surface area contributed by atoms with E-state index in [2.05, 4.69) is 0 Å². The minimum atomic E-state index is -0.529. The Labute approximate surface area is 96.0 Å². The predicted octanol–water partition coefficient (Wildman–Crippen LogP) is 2.08. The van der Waals surface area contributed by atoms with E-state index >= 15 is 0 Å². The van der Waals surface area contributed by atoms with Gasteiger partial charge in [0.2, 0.25) is 0 Å². The molecule has 0 heterocycles. The lowest BCUT2D eigenvalue weighted by atomic mass is 9.87. The molecule has 3 heteroatoms. The molecule has 1 aromatic carbocycles. The summed E-state index contributed by atoms with van der Waals surface area (Å²) < 4.78 is 10.7. The van der Waals surface area contributed by atoms with Crippen molar-refractivity contribution in [3.63, 3.8) is 0 Å². The van der Waals surface area contributed by atoms with E-state index in [1.54, 1.807) is 7.11 Å². The van der Waals surface area contributed by atoms with Crippen LogP contribution in [-0.4, -0.2) is 24.9 Å². The highest BCUT2D eigenvalue weighted by Crippen LogP contribution is 2.33. The zero-order chi connectivity index (χ0) is 11.5. The first-order valence-corrected chi connectivity index (χ1v) is 5.72. The number of hydrogen-bond donors (Lipinski definition) is 1. The molecular weight excluding hydrogens is 204 g/mol. The van der Waals surface area contributed by atoms with Gasteiger partial charge in [-0.05, 0) is 43.0 Å². The van der Waals surface area contributed by atoms with Crippen LogP contribution >= 0.6 is 0 Å². The minimum Gasteiger partial charge on any atom is -0.497 e. The molecule has 88 valence electrons. The number of benzene rings is 1. The van der Waals surface area contributed by atoms with Crippen LogP contribution in [0.5, 0.6) is 5.75 Å². The molecule has 2 atom stereocenters. The van der Waals surface area contributed by atoms with Gasteiger partial charge in [-0.3, -0.25) is 0 Å². The maximum absolute atomic E-state index is 10.2. The Balaban J connectivity index is 2.27. The van der Waals surface area contributed by atoms with Gasteiger partial charge in [-0.2, -0.15) is 0 Å². The standard InChI is InChI=1S/C13H18O3/c1-3-16-12-7-5-9-4-6-10(15-2)8-11(9)13(12)14/h4,6,8,12-14H,3,5,7H2,1-2H3. The summed E-state index contributed by atoms with van der Waals surface area (Å²) in [6.45, 7) is 2.59. The van der Waals surface area contributed by atoms with Crippen LogP contribution in [0.15, 0.2) is 18.2 Å². The Morgan fingerprint density at radius 3 is 2.94 bits per heavy atom. The van der Waals surface area contributed by atoms with Gasteiger partial charge in [0.25, 0.3) is 0 Å². The van der Waals surface area contributed by atoms with E-state index in [-0.39, 0.29) is 6.10 Å². The fourth-order valence-corrected chi connectivity index (χ4v) is 2.25. The number of aliphatic hydroxyl groups excluding tert-OH is 1. The van der Waals surface area contributed by atoms with E-state index in [0.29, 0.717) is 6.61 Å². The van der Waals surface area contributed by atoms with Crippen molar-refractivity contribution in [1.82, 2.24) is 0 Å². The highest BCUT2D eigenvalue weighted by Gasteiger charge is 2.28. The van der Waals surface area contributed by atoms with Gasteiger partial charge in [0.15, 0.2) is 0 Å². The fourth-order valence-electron chi connectivity index (χ4n) is 2.25. The van der Waals surface area contributed by atoms with Crippen LogP contribution in [0.4, 0.5) is 0 Å². The number of methoxy groups -OCH3 is 1. The predicted molar refractivity (Wildman–Crippen MR) is 61.7 cm³/mol. The average Bonchev–Trinajstić information content (AvgIpc) is 2.33. The largest absolute Gasteiger partial charge is 0.497 e. The molecule has 0 radical (unpaired) electrons. The summed E-state index contributed by atoms with van der Waals surface area (Å²) in [5, 5.41) is 10.2. The van der Waals surface area contributed by atoms with Crippen LogP contribution in [0.25, 0.3) is 0 Å². The molecule has 2 rings (SSSR count). The third kappa shape index (κ3) is 2.06. The molecule has 0 aliphatic heterocycles. The van der Waals surface area contributed by atoms with E-state index in [1.165, 1.54) is 5.56 Å². The summed E-state index contributed by atoms with van der Waals surface area (Å²) in [5.74, 6) is 0.787. The molecule has 1 N–H and O–H groups in total. The van der Waals surface area contributed by atoms with Crippen LogP contribution in [0.3, 0.4) is 0 Å². The molecular formula is C13H18O3. The zero-order valence-electron chi connectivity index (χ0n) is 9.77. The van der Waals surface area contributed by atoms with Crippen molar-refractivity contribution in [2.24, 2.45) is 0 Å². The van der Waals surface area contributed by atoms with Crippen LogP contribution in [-0.2, 0) is 11.2 Å². The maximum Gasteiger partial charge on any atom is 0.119 e. The lowest BCUT2D eigenvalue weighted by molar-refractivity contribution is -0.0436. The second-order valence-corrected chi connectivity index (χ2v) is 4.04. The summed E-state index contributed by atoms with van der Waals surface area (Å²) >= 11 is 0. The molecule has 0 bridgehead atoms. The molecule has 0 saturated heterocycles. The Morgan fingerprint density at radius 2 is 2.25 bits per heavy atom. The highest BCUT2D eigenvalue weighted by molar-refractivity contribution is 5.39. The number of rotatable bonds is 3. The Morgan fingerprint density at radius 1 is 1.44 bits per heavy atom. The minimum absolute atomic E-state index is 0.0791. The normalized spacial score (nSPS) is 23.9. The van der Waals surface area contributed by atoms with Gasteiger partial charge in [-0.25, -0.2) is 0 Å². The number of fused-ring (bicyclic) bond motifs is 1. The summed E-state index contributed by atoms with van der Waals surface area (Å²) in [7, 11) is 1.64. The lowest BCUT2D eigenvalue weighted by Crippen LogP contribution is -2.28. The smallest absolute Gasteiger partial charge is 0.119 e. The zero-order valence-corrected chi connectivity index (χ0v) is 9.77. The van der Waals surface area contributed by atoms with Crippen molar-refractivity contribution >= 4 is 0 Å². The molecule has 1 aliphatic carbocycles. The van der Waals surface area contributed by atoms with Gasteiger partial charge in [0.05, 0.1) is 13.2 Å². The molecule has 0 fully saturated rings. The van der Waals surface area contributed by atoms with Crippen molar-refractivity contribution in [2.75, 3.05) is 13.7 Å². The Bertz CT molecular complexity index is 362. The Hall–Kier alpha value is -1.06. The van der Waals surface area contributed by atoms with Crippen LogP contribution in [0.1, 0.15) is 30.6 Å². The molecule has 2 unspecified atom stereocenters. The molecule has 0 amide bonds. The Kier molecular flexibility index (Phi) is 3.46. The van der Waals surface area contributed by atoms with E-state index in [9.17, 15) is 5.11 Å². The van der Waals surface area contributed by atoms with Gasteiger partial charge in [-0.1, -0.05) is 6.07 Å². The first-order valence-electron chi connectivity index (χ1n) is 5.72. The first kappa shape index (κ1) is 11.4. The van der Waals surface area contributed by atoms with Gasteiger partial charge < -0.3 is 14.6 Å². The average molecular weight is 222 g/mol. The van der Waals surface area contributed by atoms with E-state index in [1.807, 2.05) is 25.1 Å². The summed E-state index contributed by atoms with van der Waals surface area (Å²) in [6.07, 6.45) is 1.23. The number of hydrogen-bond acceptors (Lipinski definition) is 3. The van der Waals surface area contributed by atoms with Gasteiger partial charge >= 0.3 is 0 Å². The van der Waals surface area contributed by atoms with Crippen LogP contribution in [0, 0.1) is 0 Å². The molecule has 16 heavy (non-hydrogen) atoms. The van der Waals surface area contributed by atoms with E-state index in [4.69, 9.17) is 9.47 Å². The third-order valence-corrected chi connectivity index (χ3v) is 3.10. The van der Waals surface area contributed by atoms with Crippen molar-refractivity contribution in [1.29, 1.82) is 0 Å². The van der Waals surface area contributed by atoms with Crippen LogP contribution < -0.4 is 4.74 Å². The van der Waals surface area contributed by atoms with Crippen molar-refractivity contribution in [3.05, 3.63) is 29.3 Å². The van der Waals surface area contributed by atoms with Gasteiger partial charge in [0.1, 0.15) is 11.9 Å². The summed E-state index contributed by atoms with van der Waals surface area (Å²) in [4.78, 5) is 0. The molecule has 1 aromatic rings. The number of aliphatic hydroxyl groups is 1. The summed E-state index contributed by atoms with van der Waals surface area (Å²) in [5.41, 5.74) is 2.15. The van der Waals surface area contributed by atoms with Crippen molar-refractivity contribution in [3.8, 4) is 5.75 Å². The SMILES string of the molecule is CCOC1CCc2ccc(OC)cc2C1O. The maximum atomic E-state index is 10.2. The number of ether oxygens (including phenoxy) is 2. The fraction of sp³-hybridized carbons (Fsp3) is 0.538. The second-order valence-electron chi connectivity index (χ2n) is 4.04. The lowest BCUT2D eigenvalue weighted by Gasteiger charge is -2.30. The quantitative estimate of drug-likeness (QED) is 0.851. The second kappa shape index (κ2) is 4.85. The highest BCUT2D eigenvalue weighted by atomic mass is 16.5. The van der Waals surface area contributed by atoms with Crippen LogP contribution in [0.2, 0.25) is 0 Å². The van der Waals surface area contributed by atoms with Gasteiger partial charge in [-0.15, -0.1) is 0 Å². The number of aryl methyl sites for hydroxylation is 1. The van der Waals surface area contributed by atoms with Crippen molar-refractivity contribution < 1.29 is 14.6 Å². The molecule has 0 spiro atoms. The monoisotopic (exact) mass is 222 g/mol.